The fraction of sp³-hybridized carbons (Fsp3) is 0.0625. The Bertz CT molecular complexity index is 759. The molecule has 0 spiro atoms. The van der Waals surface area contributed by atoms with Crippen LogP contribution in [0, 0.1) is 0 Å². The minimum Gasteiger partial charge on any atom is -0.495 e. The molecule has 0 atom stereocenters. The maximum Gasteiger partial charge on any atom is 0.198 e. The van der Waals surface area contributed by atoms with Gasteiger partial charge in [-0.2, -0.15) is 0 Å². The second kappa shape index (κ2) is 4.42. The first-order valence-electron chi connectivity index (χ1n) is 6.03. The van der Waals surface area contributed by atoms with Crippen LogP contribution in [0.15, 0.2) is 36.4 Å². The molecule has 0 fully saturated rings. The zero-order valence-electron chi connectivity index (χ0n) is 10.7. The van der Waals surface area contributed by atoms with Crippen LogP contribution >= 0.6 is 0 Å². The van der Waals surface area contributed by atoms with Crippen molar-refractivity contribution in [3.8, 4) is 5.75 Å². The molecule has 0 saturated heterocycles. The average Bonchev–Trinajstić information content (AvgIpc) is 2.51. The average molecular weight is 266 g/mol. The quantitative estimate of drug-likeness (QED) is 0.668. The second-order valence-electron chi connectivity index (χ2n) is 4.43. The molecule has 0 amide bonds. The van der Waals surface area contributed by atoms with Gasteiger partial charge >= 0.3 is 0 Å². The summed E-state index contributed by atoms with van der Waals surface area (Å²) in [5.41, 5.74) is 1.42. The monoisotopic (exact) mass is 266 g/mol. The molecular weight excluding hydrogens is 256 g/mol. The van der Waals surface area contributed by atoms with E-state index in [0.717, 1.165) is 0 Å². The molecular formula is C16H10O4. The Kier molecular flexibility index (Phi) is 2.71. The van der Waals surface area contributed by atoms with Crippen molar-refractivity contribution >= 4 is 17.9 Å². The van der Waals surface area contributed by atoms with Gasteiger partial charge in [-0.3, -0.25) is 14.4 Å². The molecule has 98 valence electrons. The Morgan fingerprint density at radius 3 is 2.15 bits per heavy atom. The van der Waals surface area contributed by atoms with Crippen LogP contribution in [-0.4, -0.2) is 25.0 Å². The zero-order chi connectivity index (χ0) is 14.3. The Labute approximate surface area is 115 Å². The standard InChI is InChI=1S/C16H10O4/c1-20-16-9(8-17)6-7-12-13(16)15(19)11-5-3-2-4-10(11)14(12)18/h2-8H,1H3. The molecule has 2 aromatic rings. The van der Waals surface area contributed by atoms with Crippen molar-refractivity contribution < 1.29 is 19.1 Å². The molecule has 0 aliphatic heterocycles. The summed E-state index contributed by atoms with van der Waals surface area (Å²) in [7, 11) is 1.38. The Balaban J connectivity index is 2.36. The molecule has 0 heterocycles. The number of carbonyl (C=O) groups is 3. The lowest BCUT2D eigenvalue weighted by Gasteiger charge is -2.20. The third-order valence-corrected chi connectivity index (χ3v) is 3.41. The van der Waals surface area contributed by atoms with Crippen molar-refractivity contribution in [1.82, 2.24) is 0 Å². The van der Waals surface area contributed by atoms with Crippen LogP contribution in [0.5, 0.6) is 5.75 Å². The number of aldehydes is 1. The number of ketones is 2. The van der Waals surface area contributed by atoms with Gasteiger partial charge in [-0.05, 0) is 12.1 Å². The van der Waals surface area contributed by atoms with Gasteiger partial charge in [-0.1, -0.05) is 24.3 Å². The molecule has 1 aliphatic rings. The van der Waals surface area contributed by atoms with E-state index in [2.05, 4.69) is 0 Å². The van der Waals surface area contributed by atoms with Gasteiger partial charge in [0.1, 0.15) is 5.75 Å². The van der Waals surface area contributed by atoms with E-state index < -0.39 is 0 Å². The third kappa shape index (κ3) is 1.51. The Morgan fingerprint density at radius 2 is 1.55 bits per heavy atom. The van der Waals surface area contributed by atoms with Crippen LogP contribution in [-0.2, 0) is 0 Å². The van der Waals surface area contributed by atoms with Crippen LogP contribution in [0.25, 0.3) is 0 Å². The number of methoxy groups -OCH3 is 1. The smallest absolute Gasteiger partial charge is 0.198 e. The minimum atomic E-state index is -0.296. The molecule has 0 aromatic heterocycles. The van der Waals surface area contributed by atoms with Gasteiger partial charge in [-0.15, -0.1) is 0 Å². The van der Waals surface area contributed by atoms with E-state index in [4.69, 9.17) is 4.74 Å². The maximum absolute atomic E-state index is 12.6. The zero-order valence-corrected chi connectivity index (χ0v) is 10.7. The van der Waals surface area contributed by atoms with Gasteiger partial charge in [0.2, 0.25) is 0 Å². The van der Waals surface area contributed by atoms with E-state index in [1.54, 1.807) is 24.3 Å². The first kappa shape index (κ1) is 12.3. The summed E-state index contributed by atoms with van der Waals surface area (Å²) in [5, 5.41) is 0. The van der Waals surface area contributed by atoms with Gasteiger partial charge in [0.05, 0.1) is 18.2 Å². The van der Waals surface area contributed by atoms with Crippen molar-refractivity contribution in [2.45, 2.75) is 0 Å². The summed E-state index contributed by atoms with van der Waals surface area (Å²) in [6.45, 7) is 0. The minimum absolute atomic E-state index is 0.158. The highest BCUT2D eigenvalue weighted by Gasteiger charge is 2.32. The number of rotatable bonds is 2. The molecule has 0 saturated carbocycles. The molecule has 0 N–H and O–H groups in total. The van der Waals surface area contributed by atoms with Gasteiger partial charge in [0.15, 0.2) is 17.9 Å². The highest BCUT2D eigenvalue weighted by molar-refractivity contribution is 6.29. The highest BCUT2D eigenvalue weighted by Crippen LogP contribution is 2.34. The molecule has 4 nitrogen and oxygen atoms in total. The summed E-state index contributed by atoms with van der Waals surface area (Å²) in [4.78, 5) is 36.0. The molecule has 0 bridgehead atoms. The molecule has 0 radical (unpaired) electrons. The third-order valence-electron chi connectivity index (χ3n) is 3.41. The lowest BCUT2D eigenvalue weighted by Crippen LogP contribution is -2.22. The highest BCUT2D eigenvalue weighted by atomic mass is 16.5. The number of hydrogen-bond donors (Lipinski definition) is 0. The molecule has 0 unspecified atom stereocenters. The summed E-state index contributed by atoms with van der Waals surface area (Å²) in [6, 6.07) is 9.63. The first-order chi connectivity index (χ1) is 9.69. The van der Waals surface area contributed by atoms with E-state index in [9.17, 15) is 14.4 Å². The van der Waals surface area contributed by atoms with Crippen molar-refractivity contribution in [2.24, 2.45) is 0 Å². The van der Waals surface area contributed by atoms with E-state index in [0.29, 0.717) is 17.4 Å². The number of hydrogen-bond acceptors (Lipinski definition) is 4. The van der Waals surface area contributed by atoms with E-state index >= 15 is 0 Å². The predicted molar refractivity (Wildman–Crippen MR) is 71.7 cm³/mol. The molecule has 3 rings (SSSR count). The van der Waals surface area contributed by atoms with Gasteiger partial charge < -0.3 is 4.74 Å². The van der Waals surface area contributed by atoms with Crippen LogP contribution in [0.1, 0.15) is 42.2 Å². The summed E-state index contributed by atoms with van der Waals surface area (Å²) in [6.07, 6.45) is 0.609. The largest absolute Gasteiger partial charge is 0.495 e. The normalized spacial score (nSPS) is 12.7. The van der Waals surface area contributed by atoms with Crippen molar-refractivity contribution in [1.29, 1.82) is 0 Å². The fourth-order valence-corrected chi connectivity index (χ4v) is 2.49. The number of carbonyl (C=O) groups excluding carboxylic acids is 3. The van der Waals surface area contributed by atoms with E-state index in [-0.39, 0.29) is 34.0 Å². The van der Waals surface area contributed by atoms with E-state index in [1.165, 1.54) is 19.2 Å². The molecule has 2 aromatic carbocycles. The predicted octanol–water partition coefficient (Wildman–Crippen LogP) is 2.28. The maximum atomic E-state index is 12.6. The summed E-state index contributed by atoms with van der Waals surface area (Å²) >= 11 is 0. The van der Waals surface area contributed by atoms with Gasteiger partial charge in [-0.25, -0.2) is 0 Å². The molecule has 20 heavy (non-hydrogen) atoms. The van der Waals surface area contributed by atoms with Crippen molar-refractivity contribution in [2.75, 3.05) is 7.11 Å². The molecule has 4 heteroatoms. The van der Waals surface area contributed by atoms with E-state index in [1.807, 2.05) is 0 Å². The first-order valence-corrected chi connectivity index (χ1v) is 6.03. The van der Waals surface area contributed by atoms with Crippen molar-refractivity contribution in [3.05, 3.63) is 64.2 Å². The number of fused-ring (bicyclic) bond motifs is 2. The SMILES string of the molecule is COc1c(C=O)ccc2c1C(=O)c1ccccc1C2=O. The number of ether oxygens (including phenoxy) is 1. The second-order valence-corrected chi connectivity index (χ2v) is 4.43. The van der Waals surface area contributed by atoms with Gasteiger partial charge in [0, 0.05) is 16.7 Å². The van der Waals surface area contributed by atoms with Crippen LogP contribution in [0.2, 0.25) is 0 Å². The van der Waals surface area contributed by atoms with Crippen molar-refractivity contribution in [3.63, 3.8) is 0 Å². The summed E-state index contributed by atoms with van der Waals surface area (Å²) < 4.78 is 5.16. The van der Waals surface area contributed by atoms with Crippen LogP contribution in [0.3, 0.4) is 0 Å². The topological polar surface area (TPSA) is 60.4 Å². The fourth-order valence-electron chi connectivity index (χ4n) is 2.49. The molecule has 1 aliphatic carbocycles. The lowest BCUT2D eigenvalue weighted by molar-refractivity contribution is 0.0976. The van der Waals surface area contributed by atoms with Crippen LogP contribution in [0.4, 0.5) is 0 Å². The Morgan fingerprint density at radius 1 is 0.900 bits per heavy atom. The summed E-state index contributed by atoms with van der Waals surface area (Å²) in [5.74, 6) is -0.368. The number of benzene rings is 2. The Hall–Kier alpha value is -2.75. The van der Waals surface area contributed by atoms with Gasteiger partial charge in [0.25, 0.3) is 0 Å². The lowest BCUT2D eigenvalue weighted by atomic mass is 9.83. The van der Waals surface area contributed by atoms with Crippen LogP contribution < -0.4 is 4.74 Å².